The number of hydrogen-bond donors (Lipinski definition) is 3. The molecule has 0 bridgehead atoms. The minimum absolute atomic E-state index is 0.000179. The Morgan fingerprint density at radius 2 is 1.96 bits per heavy atom. The number of nitrogens with one attached hydrogen (secondary N) is 2. The molecule has 1 atom stereocenters. The average molecular weight is 348 g/mol. The van der Waals surface area contributed by atoms with Gasteiger partial charge in [0, 0.05) is 11.7 Å². The summed E-state index contributed by atoms with van der Waals surface area (Å²) in [6.45, 7) is 5.04. The summed E-state index contributed by atoms with van der Waals surface area (Å²) in [5, 5.41) is 13.9. The Morgan fingerprint density at radius 3 is 2.50 bits per heavy atom. The highest BCUT2D eigenvalue weighted by atomic mass is 19.4. The van der Waals surface area contributed by atoms with E-state index in [1.807, 2.05) is 20.8 Å². The minimum atomic E-state index is -4.59. The Kier molecular flexibility index (Phi) is 7.34. The Morgan fingerprint density at radius 1 is 1.29 bits per heavy atom. The second-order valence-electron chi connectivity index (χ2n) is 5.73. The Balaban J connectivity index is 2.81. The summed E-state index contributed by atoms with van der Waals surface area (Å²) in [5.74, 6) is -0.160. The van der Waals surface area contributed by atoms with Gasteiger partial charge in [-0.25, -0.2) is 0 Å². The summed E-state index contributed by atoms with van der Waals surface area (Å²) >= 11 is 0. The third-order valence-corrected chi connectivity index (χ3v) is 3.48. The molecule has 1 unspecified atom stereocenters. The van der Waals surface area contributed by atoms with Gasteiger partial charge in [-0.3, -0.25) is 4.79 Å². The van der Waals surface area contributed by atoms with Crippen molar-refractivity contribution in [3.8, 4) is 5.75 Å². The Hall–Kier alpha value is -1.96. The number of halogens is 3. The zero-order chi connectivity index (χ0) is 18.3. The second-order valence-corrected chi connectivity index (χ2v) is 5.73. The molecule has 0 saturated heterocycles. The van der Waals surface area contributed by atoms with Gasteiger partial charge in [0.1, 0.15) is 12.4 Å². The van der Waals surface area contributed by atoms with E-state index in [1.54, 1.807) is 0 Å². The molecule has 0 aromatic heterocycles. The van der Waals surface area contributed by atoms with Crippen LogP contribution in [0.2, 0.25) is 0 Å². The zero-order valence-corrected chi connectivity index (χ0v) is 13.9. The molecule has 0 spiro atoms. The number of amides is 1. The minimum Gasteiger partial charge on any atom is -0.491 e. The molecule has 24 heavy (non-hydrogen) atoms. The molecule has 3 N–H and O–H groups in total. The summed E-state index contributed by atoms with van der Waals surface area (Å²) < 4.78 is 44.4. The lowest BCUT2D eigenvalue weighted by molar-refractivity contribution is -0.137. The molecular formula is C16H23F3N2O3. The lowest BCUT2D eigenvalue weighted by atomic mass is 10.1. The van der Waals surface area contributed by atoms with E-state index in [4.69, 9.17) is 9.84 Å². The van der Waals surface area contributed by atoms with E-state index in [2.05, 4.69) is 10.6 Å². The topological polar surface area (TPSA) is 70.6 Å². The molecular weight excluding hydrogens is 325 g/mol. The number of carbonyl (C=O) groups is 1. The monoisotopic (exact) mass is 348 g/mol. The quantitative estimate of drug-likeness (QED) is 0.675. The van der Waals surface area contributed by atoms with Crippen LogP contribution in [-0.4, -0.2) is 36.8 Å². The van der Waals surface area contributed by atoms with Gasteiger partial charge in [0.25, 0.3) is 0 Å². The number of alkyl halides is 3. The normalized spacial score (nSPS) is 12.8. The molecule has 0 aliphatic carbocycles. The molecule has 0 heterocycles. The number of carbonyl (C=O) groups excluding carboxylic acids is 1. The lowest BCUT2D eigenvalue weighted by Crippen LogP contribution is -2.39. The smallest absolute Gasteiger partial charge is 0.418 e. The van der Waals surface area contributed by atoms with Crippen molar-refractivity contribution in [3.05, 3.63) is 23.8 Å². The maximum atomic E-state index is 13.1. The molecule has 0 radical (unpaired) electrons. The largest absolute Gasteiger partial charge is 0.491 e. The molecule has 0 fully saturated rings. The fourth-order valence-corrected chi connectivity index (χ4v) is 1.81. The number of rotatable bonds is 8. The number of benzene rings is 1. The highest BCUT2D eigenvalue weighted by Crippen LogP contribution is 2.37. The third kappa shape index (κ3) is 6.27. The van der Waals surface area contributed by atoms with Crippen LogP contribution in [0.25, 0.3) is 0 Å². The van der Waals surface area contributed by atoms with Gasteiger partial charge in [-0.2, -0.15) is 13.2 Å². The van der Waals surface area contributed by atoms with Crippen LogP contribution in [-0.2, 0) is 11.0 Å². The fourth-order valence-electron chi connectivity index (χ4n) is 1.81. The SMILES string of the molecule is CC(C)C(C)NC(=O)CNc1ccc(OCCO)cc1C(F)(F)F. The van der Waals surface area contributed by atoms with Crippen LogP contribution < -0.4 is 15.4 Å². The zero-order valence-electron chi connectivity index (χ0n) is 13.9. The first-order chi connectivity index (χ1) is 11.1. The van der Waals surface area contributed by atoms with Crippen molar-refractivity contribution in [2.75, 3.05) is 25.1 Å². The van der Waals surface area contributed by atoms with Crippen LogP contribution in [0.15, 0.2) is 18.2 Å². The summed E-state index contributed by atoms with van der Waals surface area (Å²) in [6.07, 6.45) is -4.59. The number of ether oxygens (including phenoxy) is 1. The van der Waals surface area contributed by atoms with E-state index in [9.17, 15) is 18.0 Å². The van der Waals surface area contributed by atoms with Gasteiger partial charge in [0.05, 0.1) is 18.7 Å². The van der Waals surface area contributed by atoms with E-state index in [0.717, 1.165) is 6.07 Å². The molecule has 0 aliphatic heterocycles. The first-order valence-corrected chi connectivity index (χ1v) is 7.63. The number of anilines is 1. The van der Waals surface area contributed by atoms with Gasteiger partial charge >= 0.3 is 6.18 Å². The van der Waals surface area contributed by atoms with Crippen molar-refractivity contribution >= 4 is 11.6 Å². The summed E-state index contributed by atoms with van der Waals surface area (Å²) in [6, 6.07) is 3.32. The van der Waals surface area contributed by atoms with E-state index in [-0.39, 0.29) is 49.1 Å². The van der Waals surface area contributed by atoms with Gasteiger partial charge in [-0.15, -0.1) is 0 Å². The predicted molar refractivity (Wildman–Crippen MR) is 85.0 cm³/mol. The average Bonchev–Trinajstić information content (AvgIpc) is 2.50. The third-order valence-electron chi connectivity index (χ3n) is 3.48. The van der Waals surface area contributed by atoms with Crippen LogP contribution in [0, 0.1) is 5.92 Å². The maximum Gasteiger partial charge on any atom is 0.418 e. The van der Waals surface area contributed by atoms with Crippen molar-refractivity contribution in [2.45, 2.75) is 33.0 Å². The molecule has 1 aromatic rings. The molecule has 0 saturated carbocycles. The van der Waals surface area contributed by atoms with Gasteiger partial charge in [-0.05, 0) is 31.0 Å². The van der Waals surface area contributed by atoms with Crippen LogP contribution in [0.1, 0.15) is 26.3 Å². The molecule has 1 rings (SSSR count). The van der Waals surface area contributed by atoms with Crippen LogP contribution in [0.3, 0.4) is 0 Å². The first kappa shape index (κ1) is 20.1. The predicted octanol–water partition coefficient (Wildman–Crippen LogP) is 2.65. The van der Waals surface area contributed by atoms with Gasteiger partial charge in [0.15, 0.2) is 0 Å². The first-order valence-electron chi connectivity index (χ1n) is 7.63. The van der Waals surface area contributed by atoms with E-state index >= 15 is 0 Å². The molecule has 136 valence electrons. The van der Waals surface area contributed by atoms with Gasteiger partial charge in [-0.1, -0.05) is 13.8 Å². The number of aliphatic hydroxyl groups is 1. The standard InChI is InChI=1S/C16H23F3N2O3/c1-10(2)11(3)21-15(23)9-20-14-5-4-12(24-7-6-22)8-13(14)16(17,18)19/h4-5,8,10-11,20,22H,6-7,9H2,1-3H3,(H,21,23). The second kappa shape index (κ2) is 8.77. The highest BCUT2D eigenvalue weighted by Gasteiger charge is 2.34. The lowest BCUT2D eigenvalue weighted by Gasteiger charge is -2.19. The van der Waals surface area contributed by atoms with Crippen molar-refractivity contribution in [2.24, 2.45) is 5.92 Å². The van der Waals surface area contributed by atoms with Gasteiger partial charge < -0.3 is 20.5 Å². The summed E-state index contributed by atoms with van der Waals surface area (Å²) in [5.41, 5.74) is -1.13. The highest BCUT2D eigenvalue weighted by molar-refractivity contribution is 5.81. The maximum absolute atomic E-state index is 13.1. The van der Waals surface area contributed by atoms with E-state index < -0.39 is 11.7 Å². The summed E-state index contributed by atoms with van der Waals surface area (Å²) in [7, 11) is 0. The summed E-state index contributed by atoms with van der Waals surface area (Å²) in [4.78, 5) is 11.8. The molecule has 1 aromatic carbocycles. The van der Waals surface area contributed by atoms with Gasteiger partial charge in [0.2, 0.25) is 5.91 Å². The molecule has 8 heteroatoms. The van der Waals surface area contributed by atoms with Crippen molar-refractivity contribution in [1.82, 2.24) is 5.32 Å². The Bertz CT molecular complexity index is 548. The number of hydrogen-bond acceptors (Lipinski definition) is 4. The van der Waals surface area contributed by atoms with Crippen molar-refractivity contribution < 1.29 is 27.8 Å². The Labute approximate surface area is 139 Å². The van der Waals surface area contributed by atoms with Crippen molar-refractivity contribution in [1.29, 1.82) is 0 Å². The van der Waals surface area contributed by atoms with Crippen LogP contribution in [0.4, 0.5) is 18.9 Å². The molecule has 0 aliphatic rings. The van der Waals surface area contributed by atoms with E-state index in [1.165, 1.54) is 12.1 Å². The fraction of sp³-hybridized carbons (Fsp3) is 0.562. The van der Waals surface area contributed by atoms with Crippen LogP contribution >= 0.6 is 0 Å². The number of aliphatic hydroxyl groups excluding tert-OH is 1. The van der Waals surface area contributed by atoms with E-state index in [0.29, 0.717) is 0 Å². The molecule has 5 nitrogen and oxygen atoms in total. The van der Waals surface area contributed by atoms with Crippen molar-refractivity contribution in [3.63, 3.8) is 0 Å². The molecule has 1 amide bonds. The van der Waals surface area contributed by atoms with Crippen LogP contribution in [0.5, 0.6) is 5.75 Å².